The average Bonchev–Trinajstić information content (AvgIpc) is 2.43. The largest absolute Gasteiger partial charge is 0.369 e. The van der Waals surface area contributed by atoms with E-state index in [1.807, 2.05) is 13.8 Å². The number of aryl methyl sites for hydroxylation is 1. The van der Waals surface area contributed by atoms with Crippen LogP contribution < -0.4 is 16.6 Å². The van der Waals surface area contributed by atoms with Crippen molar-refractivity contribution in [2.45, 2.75) is 26.2 Å². The highest BCUT2D eigenvalue weighted by atomic mass is 15.3. The van der Waals surface area contributed by atoms with Gasteiger partial charge in [0.1, 0.15) is 17.5 Å². The van der Waals surface area contributed by atoms with E-state index < -0.39 is 0 Å². The number of hydrogen-bond acceptors (Lipinski definition) is 5. The van der Waals surface area contributed by atoms with Crippen molar-refractivity contribution in [2.75, 3.05) is 17.3 Å². The summed E-state index contributed by atoms with van der Waals surface area (Å²) in [6.07, 6.45) is 1.13. The Morgan fingerprint density at radius 2 is 1.95 bits per heavy atom. The van der Waals surface area contributed by atoms with Gasteiger partial charge < -0.3 is 10.7 Å². The summed E-state index contributed by atoms with van der Waals surface area (Å²) in [5.41, 5.74) is 6.47. The Labute approximate surface area is 118 Å². The van der Waals surface area contributed by atoms with Crippen LogP contribution in [0.5, 0.6) is 0 Å². The Kier molecular flexibility index (Phi) is 3.28. The molecule has 5 nitrogen and oxygen atoms in total. The molecule has 1 aliphatic rings. The molecule has 1 aliphatic carbocycles. The van der Waals surface area contributed by atoms with Crippen molar-refractivity contribution in [2.24, 2.45) is 5.84 Å². The van der Waals surface area contributed by atoms with E-state index in [4.69, 9.17) is 5.84 Å². The molecule has 2 aromatic rings. The van der Waals surface area contributed by atoms with Crippen LogP contribution in [0.2, 0.25) is 0 Å². The van der Waals surface area contributed by atoms with E-state index in [1.165, 1.54) is 11.1 Å². The highest BCUT2D eigenvalue weighted by Gasteiger charge is 2.25. The van der Waals surface area contributed by atoms with Crippen LogP contribution >= 0.6 is 0 Å². The van der Waals surface area contributed by atoms with Gasteiger partial charge in [0.25, 0.3) is 0 Å². The maximum Gasteiger partial charge on any atom is 0.148 e. The van der Waals surface area contributed by atoms with Gasteiger partial charge in [-0.1, -0.05) is 24.3 Å². The molecule has 0 bridgehead atoms. The summed E-state index contributed by atoms with van der Waals surface area (Å²) in [6, 6.07) is 8.60. The van der Waals surface area contributed by atoms with Gasteiger partial charge in [0.2, 0.25) is 0 Å². The average molecular weight is 269 g/mol. The molecule has 0 saturated heterocycles. The van der Waals surface area contributed by atoms with Crippen LogP contribution in [0, 0.1) is 13.8 Å². The van der Waals surface area contributed by atoms with Crippen molar-refractivity contribution >= 4 is 11.6 Å². The predicted octanol–water partition coefficient (Wildman–Crippen LogP) is 2.13. The van der Waals surface area contributed by atoms with Gasteiger partial charge >= 0.3 is 0 Å². The SMILES string of the molecule is Cc1nc(NN)c(C)c(NCC2Cc3ccccc32)n1. The molecule has 0 fully saturated rings. The summed E-state index contributed by atoms with van der Waals surface area (Å²) in [4.78, 5) is 8.71. The Hall–Kier alpha value is -2.14. The third-order valence-electron chi connectivity index (χ3n) is 3.87. The lowest BCUT2D eigenvalue weighted by atomic mass is 9.77. The lowest BCUT2D eigenvalue weighted by Gasteiger charge is -2.30. The lowest BCUT2D eigenvalue weighted by molar-refractivity contribution is 0.634. The molecule has 1 aromatic carbocycles. The Morgan fingerprint density at radius 3 is 2.70 bits per heavy atom. The maximum absolute atomic E-state index is 5.48. The van der Waals surface area contributed by atoms with Crippen LogP contribution in [0.1, 0.15) is 28.4 Å². The second-order valence-electron chi connectivity index (χ2n) is 5.22. The second kappa shape index (κ2) is 5.09. The molecule has 1 heterocycles. The van der Waals surface area contributed by atoms with Crippen molar-refractivity contribution in [3.05, 3.63) is 46.8 Å². The van der Waals surface area contributed by atoms with E-state index in [2.05, 4.69) is 45.0 Å². The summed E-state index contributed by atoms with van der Waals surface area (Å²) in [5.74, 6) is 8.28. The number of rotatable bonds is 4. The van der Waals surface area contributed by atoms with Crippen LogP contribution in [0.25, 0.3) is 0 Å². The topological polar surface area (TPSA) is 75.9 Å². The number of nitrogen functional groups attached to an aromatic ring is 1. The van der Waals surface area contributed by atoms with E-state index in [9.17, 15) is 0 Å². The van der Waals surface area contributed by atoms with Gasteiger partial charge in [0, 0.05) is 18.0 Å². The van der Waals surface area contributed by atoms with Crippen LogP contribution in [0.15, 0.2) is 24.3 Å². The van der Waals surface area contributed by atoms with Gasteiger partial charge in [0.15, 0.2) is 0 Å². The van der Waals surface area contributed by atoms with E-state index >= 15 is 0 Å². The fourth-order valence-corrected chi connectivity index (χ4v) is 2.71. The van der Waals surface area contributed by atoms with Gasteiger partial charge in [-0.15, -0.1) is 0 Å². The summed E-state index contributed by atoms with van der Waals surface area (Å²) >= 11 is 0. The number of aromatic nitrogens is 2. The van der Waals surface area contributed by atoms with Gasteiger partial charge in [0.05, 0.1) is 0 Å². The quantitative estimate of drug-likeness (QED) is 0.585. The maximum atomic E-state index is 5.48. The van der Waals surface area contributed by atoms with Gasteiger partial charge in [-0.05, 0) is 31.4 Å². The first kappa shape index (κ1) is 12.9. The van der Waals surface area contributed by atoms with E-state index in [0.29, 0.717) is 17.6 Å². The first-order valence-corrected chi connectivity index (χ1v) is 6.82. The van der Waals surface area contributed by atoms with Gasteiger partial charge in [-0.25, -0.2) is 15.8 Å². The van der Waals surface area contributed by atoms with Crippen LogP contribution in [0.4, 0.5) is 11.6 Å². The van der Waals surface area contributed by atoms with Crippen LogP contribution in [-0.2, 0) is 6.42 Å². The summed E-state index contributed by atoms with van der Waals surface area (Å²) in [6.45, 7) is 4.72. The van der Waals surface area contributed by atoms with E-state index in [0.717, 1.165) is 24.3 Å². The van der Waals surface area contributed by atoms with E-state index in [-0.39, 0.29) is 0 Å². The van der Waals surface area contributed by atoms with Crippen molar-refractivity contribution in [1.29, 1.82) is 0 Å². The minimum atomic E-state index is 0.565. The molecule has 0 spiro atoms. The molecule has 1 aromatic heterocycles. The van der Waals surface area contributed by atoms with Crippen LogP contribution in [-0.4, -0.2) is 16.5 Å². The molecule has 0 aliphatic heterocycles. The van der Waals surface area contributed by atoms with E-state index in [1.54, 1.807) is 0 Å². The standard InChI is InChI=1S/C15H19N5/c1-9-14(18-10(2)19-15(9)20-16)17-8-12-7-11-5-3-4-6-13(11)12/h3-6,12H,7-8,16H2,1-2H3,(H2,17,18,19,20). The van der Waals surface area contributed by atoms with Crippen LogP contribution in [0.3, 0.4) is 0 Å². The molecule has 0 amide bonds. The molecular formula is C15H19N5. The molecule has 5 heteroatoms. The normalized spacial score (nSPS) is 16.2. The highest BCUT2D eigenvalue weighted by molar-refractivity contribution is 5.57. The first-order chi connectivity index (χ1) is 9.69. The van der Waals surface area contributed by atoms with Gasteiger partial charge in [-0.2, -0.15) is 0 Å². The Morgan fingerprint density at radius 1 is 1.20 bits per heavy atom. The van der Waals surface area contributed by atoms with Gasteiger partial charge in [-0.3, -0.25) is 0 Å². The number of nitrogens with two attached hydrogens (primary N) is 1. The molecule has 0 radical (unpaired) electrons. The van der Waals surface area contributed by atoms with Crippen molar-refractivity contribution in [3.63, 3.8) is 0 Å². The molecule has 1 atom stereocenters. The number of anilines is 2. The minimum absolute atomic E-state index is 0.565. The van der Waals surface area contributed by atoms with Crippen molar-refractivity contribution in [3.8, 4) is 0 Å². The third-order valence-corrected chi connectivity index (χ3v) is 3.87. The van der Waals surface area contributed by atoms with Crippen molar-refractivity contribution in [1.82, 2.24) is 9.97 Å². The smallest absolute Gasteiger partial charge is 0.148 e. The number of nitrogens with one attached hydrogen (secondary N) is 2. The number of fused-ring (bicyclic) bond motifs is 1. The zero-order chi connectivity index (χ0) is 14.1. The summed E-state index contributed by atoms with van der Waals surface area (Å²) in [5, 5.41) is 3.42. The molecular weight excluding hydrogens is 250 g/mol. The monoisotopic (exact) mass is 269 g/mol. The predicted molar refractivity (Wildman–Crippen MR) is 80.7 cm³/mol. The number of benzene rings is 1. The minimum Gasteiger partial charge on any atom is -0.369 e. The fraction of sp³-hybridized carbons (Fsp3) is 0.333. The highest BCUT2D eigenvalue weighted by Crippen LogP contribution is 2.35. The number of hydrogen-bond donors (Lipinski definition) is 3. The molecule has 0 saturated carbocycles. The zero-order valence-electron chi connectivity index (χ0n) is 11.8. The summed E-state index contributed by atoms with van der Waals surface area (Å²) in [7, 11) is 0. The third kappa shape index (κ3) is 2.20. The molecule has 20 heavy (non-hydrogen) atoms. The second-order valence-corrected chi connectivity index (χ2v) is 5.22. The Balaban J connectivity index is 1.73. The van der Waals surface area contributed by atoms with Crippen molar-refractivity contribution < 1.29 is 0 Å². The number of nitrogens with zero attached hydrogens (tertiary/aromatic N) is 2. The Bertz CT molecular complexity index is 638. The molecule has 3 rings (SSSR count). The molecule has 4 N–H and O–H groups in total. The number of hydrazine groups is 1. The summed E-state index contributed by atoms with van der Waals surface area (Å²) < 4.78 is 0. The first-order valence-electron chi connectivity index (χ1n) is 6.82. The molecule has 104 valence electrons. The zero-order valence-corrected chi connectivity index (χ0v) is 11.8. The lowest BCUT2D eigenvalue weighted by Crippen LogP contribution is -2.25. The fourth-order valence-electron chi connectivity index (χ4n) is 2.71. The molecule has 1 unspecified atom stereocenters.